The van der Waals surface area contributed by atoms with Gasteiger partial charge in [0.2, 0.25) is 5.91 Å². The normalized spacial score (nSPS) is 23.0. The number of urea groups is 1. The summed E-state index contributed by atoms with van der Waals surface area (Å²) >= 11 is 0. The Hall–Kier alpha value is -3.85. The van der Waals surface area contributed by atoms with E-state index in [1.165, 1.54) is 11.1 Å². The summed E-state index contributed by atoms with van der Waals surface area (Å²) in [5.74, 6) is 0.918. The molecule has 0 bridgehead atoms. The van der Waals surface area contributed by atoms with Gasteiger partial charge in [0, 0.05) is 37.1 Å². The molecule has 2 aromatic rings. The highest BCUT2D eigenvalue weighted by molar-refractivity contribution is 5.83. The van der Waals surface area contributed by atoms with Gasteiger partial charge in [-0.2, -0.15) is 5.10 Å². The highest BCUT2D eigenvalue weighted by Gasteiger charge is 2.51. The molecular weight excluding hydrogens is 516 g/mol. The number of rotatable bonds is 8. The topological polar surface area (TPSA) is 85.0 Å². The summed E-state index contributed by atoms with van der Waals surface area (Å²) in [6.45, 7) is 4.97. The largest absolute Gasteiger partial charge is 0.497 e. The standard InChI is InChI=1S/C32H42N6O3/c1-5-25-9-7-10-27(12-13-29(25)26-19-33-34-20-26)37-23-32(14-16-36(17-15-32)30(39)22-35(2)3)38(31(37)40)21-24-8-6-11-28(18-24)41-4/h6,8,10-13,18-20H,5,7,9,14-17,21-23H2,1-4H3,(H,33,34)/b13-12-,27-10+,29-25+. The Morgan fingerprint density at radius 3 is 2.68 bits per heavy atom. The van der Waals surface area contributed by atoms with Crippen LogP contribution in [0.25, 0.3) is 5.57 Å². The zero-order chi connectivity index (χ0) is 29.0. The van der Waals surface area contributed by atoms with Crippen LogP contribution >= 0.6 is 0 Å². The first-order chi connectivity index (χ1) is 19.8. The molecule has 1 aromatic carbocycles. The first kappa shape index (κ1) is 28.7. The summed E-state index contributed by atoms with van der Waals surface area (Å²) < 4.78 is 5.46. The molecule has 3 heterocycles. The minimum Gasteiger partial charge on any atom is -0.497 e. The second-order valence-electron chi connectivity index (χ2n) is 11.5. The maximum absolute atomic E-state index is 14.3. The van der Waals surface area contributed by atoms with Crippen LogP contribution in [0.3, 0.4) is 0 Å². The van der Waals surface area contributed by atoms with Crippen molar-refractivity contribution in [3.05, 3.63) is 77.3 Å². The van der Waals surface area contributed by atoms with Crippen molar-refractivity contribution < 1.29 is 14.3 Å². The minimum absolute atomic E-state index is 0.0157. The number of aromatic amines is 1. The van der Waals surface area contributed by atoms with Crippen LogP contribution in [0.1, 0.15) is 50.2 Å². The third kappa shape index (κ3) is 6.10. The van der Waals surface area contributed by atoms with Crippen LogP contribution in [0.4, 0.5) is 4.79 Å². The van der Waals surface area contributed by atoms with Crippen LogP contribution in [-0.4, -0.2) is 94.7 Å². The van der Waals surface area contributed by atoms with Gasteiger partial charge in [0.05, 0.1) is 31.9 Å². The molecule has 2 saturated heterocycles. The maximum Gasteiger partial charge on any atom is 0.325 e. The van der Waals surface area contributed by atoms with Gasteiger partial charge in [-0.1, -0.05) is 36.8 Å². The number of likely N-dealkylation sites (N-methyl/N-ethyl adjacent to an activating group) is 1. The molecule has 2 aliphatic heterocycles. The summed E-state index contributed by atoms with van der Waals surface area (Å²) in [5.41, 5.74) is 5.24. The lowest BCUT2D eigenvalue weighted by Gasteiger charge is -2.44. The third-order valence-corrected chi connectivity index (χ3v) is 8.61. The number of carbonyl (C=O) groups is 2. The number of hydrogen-bond donors (Lipinski definition) is 1. The number of methoxy groups -OCH3 is 1. The van der Waals surface area contributed by atoms with Crippen molar-refractivity contribution in [3.8, 4) is 5.75 Å². The Morgan fingerprint density at radius 2 is 2.00 bits per heavy atom. The van der Waals surface area contributed by atoms with Crippen molar-refractivity contribution in [3.63, 3.8) is 0 Å². The number of aromatic nitrogens is 2. The zero-order valence-corrected chi connectivity index (χ0v) is 24.7. The number of nitrogens with one attached hydrogen (secondary N) is 1. The van der Waals surface area contributed by atoms with Crippen LogP contribution in [0.5, 0.6) is 5.75 Å². The Bertz CT molecular complexity index is 1330. The fourth-order valence-corrected chi connectivity index (χ4v) is 6.31. The van der Waals surface area contributed by atoms with Gasteiger partial charge in [-0.25, -0.2) is 4.79 Å². The fourth-order valence-electron chi connectivity index (χ4n) is 6.31. The highest BCUT2D eigenvalue weighted by atomic mass is 16.5. The molecule has 9 heteroatoms. The zero-order valence-electron chi connectivity index (χ0n) is 24.7. The lowest BCUT2D eigenvalue weighted by Crippen LogP contribution is -2.55. The summed E-state index contributed by atoms with van der Waals surface area (Å²) in [6.07, 6.45) is 14.5. The summed E-state index contributed by atoms with van der Waals surface area (Å²) in [6, 6.07) is 7.96. The van der Waals surface area contributed by atoms with Gasteiger partial charge in [0.25, 0.3) is 0 Å². The minimum atomic E-state index is -0.357. The molecule has 0 atom stereocenters. The molecule has 1 N–H and O–H groups in total. The average Bonchev–Trinajstić information content (AvgIpc) is 3.57. The molecule has 1 spiro atoms. The van der Waals surface area contributed by atoms with Gasteiger partial charge in [0.1, 0.15) is 5.75 Å². The lowest BCUT2D eigenvalue weighted by molar-refractivity contribution is -0.134. The van der Waals surface area contributed by atoms with Crippen LogP contribution in [0, 0.1) is 0 Å². The van der Waals surface area contributed by atoms with Gasteiger partial charge < -0.3 is 19.4 Å². The number of ether oxygens (including phenoxy) is 1. The Kier molecular flexibility index (Phi) is 8.63. The van der Waals surface area contributed by atoms with Crippen molar-refractivity contribution in [1.82, 2.24) is 29.8 Å². The van der Waals surface area contributed by atoms with E-state index in [9.17, 15) is 9.59 Å². The lowest BCUT2D eigenvalue weighted by atomic mass is 9.86. The summed E-state index contributed by atoms with van der Waals surface area (Å²) in [7, 11) is 5.49. The number of carbonyl (C=O) groups excluding carboxylic acids is 2. The summed E-state index contributed by atoms with van der Waals surface area (Å²) in [5, 5.41) is 7.10. The smallest absolute Gasteiger partial charge is 0.325 e. The van der Waals surface area contributed by atoms with E-state index in [-0.39, 0.29) is 17.5 Å². The SMILES string of the molecule is CC/C1=C(c2cn[nH]c2)/C=C\C(N2CC3(CCN(C(=O)CN(C)C)CC3)N(Cc3cccc(OC)c3)C2=O)=C/CC1. The van der Waals surface area contributed by atoms with Gasteiger partial charge in [-0.05, 0) is 75.5 Å². The predicted molar refractivity (Wildman–Crippen MR) is 160 cm³/mol. The number of amides is 3. The molecule has 1 aliphatic carbocycles. The average molecular weight is 559 g/mol. The highest BCUT2D eigenvalue weighted by Crippen LogP contribution is 2.40. The molecule has 3 amide bonds. The van der Waals surface area contributed by atoms with Gasteiger partial charge in [0.15, 0.2) is 0 Å². The van der Waals surface area contributed by atoms with E-state index in [1.807, 2.05) is 70.4 Å². The van der Waals surface area contributed by atoms with Crippen LogP contribution in [-0.2, 0) is 11.3 Å². The molecule has 1 aromatic heterocycles. The number of benzene rings is 1. The van der Waals surface area contributed by atoms with Crippen LogP contribution < -0.4 is 4.74 Å². The second kappa shape index (κ2) is 12.3. The monoisotopic (exact) mass is 558 g/mol. The van der Waals surface area contributed by atoms with E-state index < -0.39 is 0 Å². The van der Waals surface area contributed by atoms with Gasteiger partial charge in [-0.3, -0.25) is 14.8 Å². The number of piperidine rings is 1. The Morgan fingerprint density at radius 1 is 1.20 bits per heavy atom. The molecule has 5 rings (SSSR count). The van der Waals surface area contributed by atoms with Crippen molar-refractivity contribution in [2.45, 2.75) is 51.1 Å². The maximum atomic E-state index is 14.3. The Balaban J connectivity index is 1.43. The van der Waals surface area contributed by atoms with Crippen molar-refractivity contribution in [2.24, 2.45) is 0 Å². The van der Waals surface area contributed by atoms with Crippen molar-refractivity contribution >= 4 is 17.5 Å². The van der Waals surface area contributed by atoms with E-state index in [2.05, 4.69) is 35.3 Å². The molecule has 2 fully saturated rings. The number of nitrogens with zero attached hydrogens (tertiary/aromatic N) is 5. The fraction of sp³-hybridized carbons (Fsp3) is 0.469. The number of likely N-dealkylation sites (tertiary alicyclic amines) is 1. The van der Waals surface area contributed by atoms with E-state index in [0.717, 1.165) is 54.7 Å². The van der Waals surface area contributed by atoms with Crippen LogP contribution in [0.2, 0.25) is 0 Å². The van der Waals surface area contributed by atoms with Crippen LogP contribution in [0.15, 0.2) is 66.2 Å². The molecule has 3 aliphatic rings. The van der Waals surface area contributed by atoms with E-state index in [1.54, 1.807) is 7.11 Å². The van der Waals surface area contributed by atoms with E-state index in [4.69, 9.17) is 4.74 Å². The number of H-pyrrole nitrogens is 1. The molecule has 0 radical (unpaired) electrons. The second-order valence-corrected chi connectivity index (χ2v) is 11.5. The Labute approximate surface area is 243 Å². The van der Waals surface area contributed by atoms with Gasteiger partial charge in [-0.15, -0.1) is 0 Å². The molecule has 0 saturated carbocycles. The number of allylic oxidation sites excluding steroid dienone is 5. The van der Waals surface area contributed by atoms with E-state index >= 15 is 0 Å². The third-order valence-electron chi connectivity index (χ3n) is 8.61. The first-order valence-corrected chi connectivity index (χ1v) is 14.6. The van der Waals surface area contributed by atoms with Crippen molar-refractivity contribution in [1.29, 1.82) is 0 Å². The molecule has 9 nitrogen and oxygen atoms in total. The van der Waals surface area contributed by atoms with Crippen molar-refractivity contribution in [2.75, 3.05) is 47.4 Å². The number of hydrogen-bond acceptors (Lipinski definition) is 5. The van der Waals surface area contributed by atoms with E-state index in [0.29, 0.717) is 32.7 Å². The quantitative estimate of drug-likeness (QED) is 0.509. The first-order valence-electron chi connectivity index (χ1n) is 14.6. The molecule has 41 heavy (non-hydrogen) atoms. The predicted octanol–water partition coefficient (Wildman–Crippen LogP) is 4.68. The molecule has 218 valence electrons. The molecule has 0 unspecified atom stereocenters. The summed E-state index contributed by atoms with van der Waals surface area (Å²) in [4.78, 5) is 35.0. The molecular formula is C32H42N6O3. The van der Waals surface area contributed by atoms with Gasteiger partial charge >= 0.3 is 6.03 Å².